The standard InChI is InChI=1S/C13H23N3O2S2/c1-4-5-14-8-12-11(3)15-13(19-12)16-6-7-20(17,18)9-10(16)2/h10,14H,4-9H2,1-3H3. The van der Waals surface area contributed by atoms with Gasteiger partial charge in [-0.1, -0.05) is 6.92 Å². The maximum atomic E-state index is 11.6. The van der Waals surface area contributed by atoms with Gasteiger partial charge in [0.1, 0.15) is 0 Å². The van der Waals surface area contributed by atoms with Gasteiger partial charge in [0.15, 0.2) is 15.0 Å². The molecule has 1 aromatic heterocycles. The lowest BCUT2D eigenvalue weighted by Crippen LogP contribution is -2.46. The van der Waals surface area contributed by atoms with Gasteiger partial charge in [0.25, 0.3) is 0 Å². The molecule has 1 aliphatic heterocycles. The first-order chi connectivity index (χ1) is 9.43. The Balaban J connectivity index is 2.08. The second kappa shape index (κ2) is 6.41. The number of sulfone groups is 1. The lowest BCUT2D eigenvalue weighted by molar-refractivity contribution is 0.568. The minimum absolute atomic E-state index is 0.00995. The second-order valence-corrected chi connectivity index (χ2v) is 8.63. The number of anilines is 1. The van der Waals surface area contributed by atoms with Crippen molar-refractivity contribution >= 4 is 26.3 Å². The molecule has 0 spiro atoms. The van der Waals surface area contributed by atoms with Crippen LogP contribution in [0, 0.1) is 6.92 Å². The molecule has 7 heteroatoms. The maximum Gasteiger partial charge on any atom is 0.186 e. The average Bonchev–Trinajstić information content (AvgIpc) is 2.70. The summed E-state index contributed by atoms with van der Waals surface area (Å²) in [6.45, 7) is 8.53. The fourth-order valence-corrected chi connectivity index (χ4v) is 5.08. The largest absolute Gasteiger partial charge is 0.343 e. The van der Waals surface area contributed by atoms with Crippen molar-refractivity contribution in [3.8, 4) is 0 Å². The highest BCUT2D eigenvalue weighted by molar-refractivity contribution is 7.91. The van der Waals surface area contributed by atoms with E-state index in [1.165, 1.54) is 4.88 Å². The maximum absolute atomic E-state index is 11.6. The van der Waals surface area contributed by atoms with Gasteiger partial charge < -0.3 is 10.2 Å². The van der Waals surface area contributed by atoms with Gasteiger partial charge in [0.05, 0.1) is 17.2 Å². The summed E-state index contributed by atoms with van der Waals surface area (Å²) < 4.78 is 23.3. The summed E-state index contributed by atoms with van der Waals surface area (Å²) >= 11 is 1.68. The monoisotopic (exact) mass is 317 g/mol. The zero-order chi connectivity index (χ0) is 14.8. The predicted octanol–water partition coefficient (Wildman–Crippen LogP) is 1.57. The molecular weight excluding hydrogens is 294 g/mol. The SMILES string of the molecule is CCCNCc1sc(N2CCS(=O)(=O)CC2C)nc1C. The van der Waals surface area contributed by atoms with E-state index in [1.54, 1.807) is 11.3 Å². The number of hydrogen-bond acceptors (Lipinski definition) is 6. The van der Waals surface area contributed by atoms with Crippen molar-refractivity contribution in [2.75, 3.05) is 29.5 Å². The van der Waals surface area contributed by atoms with Crippen molar-refractivity contribution in [2.45, 2.75) is 39.8 Å². The average molecular weight is 317 g/mol. The highest BCUT2D eigenvalue weighted by Crippen LogP contribution is 2.29. The first kappa shape index (κ1) is 15.7. The summed E-state index contributed by atoms with van der Waals surface area (Å²) in [7, 11) is -2.87. The Hall–Kier alpha value is -0.660. The molecule has 0 amide bonds. The molecule has 1 fully saturated rings. The van der Waals surface area contributed by atoms with Crippen LogP contribution in [-0.4, -0.2) is 44.0 Å². The van der Waals surface area contributed by atoms with Gasteiger partial charge in [0.2, 0.25) is 0 Å². The first-order valence-corrected chi connectivity index (χ1v) is 9.71. The van der Waals surface area contributed by atoms with Crippen LogP contribution >= 0.6 is 11.3 Å². The van der Waals surface area contributed by atoms with E-state index in [-0.39, 0.29) is 17.5 Å². The molecule has 1 atom stereocenters. The van der Waals surface area contributed by atoms with Crippen LogP contribution in [-0.2, 0) is 16.4 Å². The van der Waals surface area contributed by atoms with Crippen molar-refractivity contribution in [1.29, 1.82) is 0 Å². The number of hydrogen-bond donors (Lipinski definition) is 1. The minimum atomic E-state index is -2.87. The summed E-state index contributed by atoms with van der Waals surface area (Å²) in [5, 5.41) is 4.35. The van der Waals surface area contributed by atoms with Gasteiger partial charge in [-0.3, -0.25) is 0 Å². The lowest BCUT2D eigenvalue weighted by Gasteiger charge is -2.32. The Morgan fingerprint density at radius 1 is 1.50 bits per heavy atom. The molecule has 0 aliphatic carbocycles. The lowest BCUT2D eigenvalue weighted by atomic mass is 10.3. The van der Waals surface area contributed by atoms with Gasteiger partial charge >= 0.3 is 0 Å². The molecule has 2 rings (SSSR count). The molecule has 1 aliphatic rings. The van der Waals surface area contributed by atoms with Gasteiger partial charge in [-0.25, -0.2) is 13.4 Å². The Bertz CT molecular complexity index is 554. The van der Waals surface area contributed by atoms with E-state index in [9.17, 15) is 8.42 Å². The first-order valence-electron chi connectivity index (χ1n) is 7.07. The second-order valence-electron chi connectivity index (χ2n) is 5.34. The van der Waals surface area contributed by atoms with E-state index >= 15 is 0 Å². The van der Waals surface area contributed by atoms with E-state index in [2.05, 4.69) is 22.1 Å². The third-order valence-electron chi connectivity index (χ3n) is 3.51. The Labute approximate surface area is 125 Å². The van der Waals surface area contributed by atoms with Gasteiger partial charge in [-0.05, 0) is 26.8 Å². The van der Waals surface area contributed by atoms with Crippen LogP contribution in [0.1, 0.15) is 30.8 Å². The van der Waals surface area contributed by atoms with Crippen molar-refractivity contribution in [2.24, 2.45) is 0 Å². The van der Waals surface area contributed by atoms with E-state index in [1.807, 2.05) is 13.8 Å². The minimum Gasteiger partial charge on any atom is -0.343 e. The number of nitrogens with one attached hydrogen (secondary N) is 1. The fourth-order valence-electron chi connectivity index (χ4n) is 2.36. The highest BCUT2D eigenvalue weighted by Gasteiger charge is 2.30. The van der Waals surface area contributed by atoms with Gasteiger partial charge in [-0.15, -0.1) is 11.3 Å². The summed E-state index contributed by atoms with van der Waals surface area (Å²) in [4.78, 5) is 7.99. The van der Waals surface area contributed by atoms with Crippen LogP contribution in [0.3, 0.4) is 0 Å². The topological polar surface area (TPSA) is 62.3 Å². The van der Waals surface area contributed by atoms with Crippen molar-refractivity contribution in [1.82, 2.24) is 10.3 Å². The molecule has 114 valence electrons. The zero-order valence-electron chi connectivity index (χ0n) is 12.3. The van der Waals surface area contributed by atoms with Crippen molar-refractivity contribution < 1.29 is 8.42 Å². The molecule has 0 aromatic carbocycles. The Morgan fingerprint density at radius 2 is 2.25 bits per heavy atom. The van der Waals surface area contributed by atoms with E-state index in [0.717, 1.165) is 30.3 Å². The van der Waals surface area contributed by atoms with Crippen LogP contribution in [0.15, 0.2) is 0 Å². The summed E-state index contributed by atoms with van der Waals surface area (Å²) in [6, 6.07) is 0.00995. The van der Waals surface area contributed by atoms with E-state index < -0.39 is 9.84 Å². The fraction of sp³-hybridized carbons (Fsp3) is 0.769. The van der Waals surface area contributed by atoms with Gasteiger partial charge in [0, 0.05) is 24.0 Å². The Morgan fingerprint density at radius 3 is 2.90 bits per heavy atom. The zero-order valence-corrected chi connectivity index (χ0v) is 14.0. The number of nitrogens with zero attached hydrogens (tertiary/aromatic N) is 2. The molecular formula is C13H23N3O2S2. The summed E-state index contributed by atoms with van der Waals surface area (Å²) in [5.74, 6) is 0.467. The molecule has 0 radical (unpaired) electrons. The van der Waals surface area contributed by atoms with Crippen LogP contribution in [0.5, 0.6) is 0 Å². The van der Waals surface area contributed by atoms with Gasteiger partial charge in [-0.2, -0.15) is 0 Å². The van der Waals surface area contributed by atoms with E-state index in [0.29, 0.717) is 6.54 Å². The molecule has 0 saturated carbocycles. The quantitative estimate of drug-likeness (QED) is 0.835. The smallest absolute Gasteiger partial charge is 0.186 e. The molecule has 2 heterocycles. The third-order valence-corrected chi connectivity index (χ3v) is 6.50. The molecule has 1 aromatic rings. The molecule has 1 saturated heterocycles. The predicted molar refractivity (Wildman–Crippen MR) is 84.3 cm³/mol. The van der Waals surface area contributed by atoms with Crippen LogP contribution in [0.2, 0.25) is 0 Å². The normalized spacial score (nSPS) is 22.1. The summed E-state index contributed by atoms with van der Waals surface area (Å²) in [6.07, 6.45) is 1.12. The van der Waals surface area contributed by atoms with Crippen molar-refractivity contribution in [3.63, 3.8) is 0 Å². The van der Waals surface area contributed by atoms with Crippen LogP contribution in [0.25, 0.3) is 0 Å². The number of rotatable bonds is 5. The number of aromatic nitrogens is 1. The number of thiazole rings is 1. The van der Waals surface area contributed by atoms with Crippen LogP contribution in [0.4, 0.5) is 5.13 Å². The molecule has 1 N–H and O–H groups in total. The van der Waals surface area contributed by atoms with Crippen LogP contribution < -0.4 is 10.2 Å². The third kappa shape index (κ3) is 3.71. The van der Waals surface area contributed by atoms with Crippen molar-refractivity contribution in [3.05, 3.63) is 10.6 Å². The van der Waals surface area contributed by atoms with E-state index in [4.69, 9.17) is 0 Å². The molecule has 5 nitrogen and oxygen atoms in total. The molecule has 0 bridgehead atoms. The molecule has 1 unspecified atom stereocenters. The number of aryl methyl sites for hydroxylation is 1. The Kier molecular flexibility index (Phi) is 5.04. The highest BCUT2D eigenvalue weighted by atomic mass is 32.2. The molecule has 20 heavy (non-hydrogen) atoms. The summed E-state index contributed by atoms with van der Waals surface area (Å²) in [5.41, 5.74) is 1.05.